The van der Waals surface area contributed by atoms with E-state index in [0.717, 1.165) is 23.4 Å². The van der Waals surface area contributed by atoms with E-state index in [9.17, 15) is 13.2 Å². The molecule has 0 radical (unpaired) electrons. The second kappa shape index (κ2) is 9.20. The van der Waals surface area contributed by atoms with Gasteiger partial charge in [0.15, 0.2) is 0 Å². The molecular weight excluding hydrogens is 381 g/mol. The summed E-state index contributed by atoms with van der Waals surface area (Å²) in [6.07, 6.45) is -3.31. The number of hydrogen-bond acceptors (Lipinski definition) is 3. The summed E-state index contributed by atoms with van der Waals surface area (Å²) in [5.41, 5.74) is 1.40. The Kier molecular flexibility index (Phi) is 7.81. The van der Waals surface area contributed by atoms with Crippen molar-refractivity contribution in [2.45, 2.75) is 53.3 Å². The van der Waals surface area contributed by atoms with Gasteiger partial charge in [0.1, 0.15) is 0 Å². The van der Waals surface area contributed by atoms with Crippen molar-refractivity contribution in [2.75, 3.05) is 0 Å². The van der Waals surface area contributed by atoms with Crippen molar-refractivity contribution in [3.63, 3.8) is 0 Å². The predicted octanol–water partition coefficient (Wildman–Crippen LogP) is 5.33. The first-order valence-electron chi connectivity index (χ1n) is 8.42. The van der Waals surface area contributed by atoms with Crippen LogP contribution in [0.3, 0.4) is 0 Å². The maximum Gasteiger partial charge on any atom is 0.394 e. The molecule has 0 fully saturated rings. The van der Waals surface area contributed by atoms with Crippen molar-refractivity contribution >= 4 is 17.8 Å². The molecule has 0 aliphatic carbocycles. The Balaban J connectivity index is 0.00000114. The third-order valence-electron chi connectivity index (χ3n) is 4.24. The minimum atomic E-state index is -4.23. The van der Waals surface area contributed by atoms with Gasteiger partial charge in [-0.3, -0.25) is 4.68 Å². The molecule has 27 heavy (non-hydrogen) atoms. The fraction of sp³-hybridized carbons (Fsp3) is 0.474. The minimum absolute atomic E-state index is 0.0578. The van der Waals surface area contributed by atoms with Gasteiger partial charge in [0, 0.05) is 12.1 Å². The van der Waals surface area contributed by atoms with Crippen molar-refractivity contribution in [3.05, 3.63) is 40.5 Å². The number of nitrogens with zero attached hydrogens (tertiary/aromatic N) is 2. The van der Waals surface area contributed by atoms with E-state index in [1.165, 1.54) is 13.8 Å². The van der Waals surface area contributed by atoms with E-state index in [-0.39, 0.29) is 12.6 Å². The average Bonchev–Trinajstić information content (AvgIpc) is 2.91. The number of alkyl halides is 3. The summed E-state index contributed by atoms with van der Waals surface area (Å²) in [5.74, 6) is 0. The molecule has 4 nitrogen and oxygen atoms in total. The van der Waals surface area contributed by atoms with Gasteiger partial charge in [-0.25, -0.2) is 0 Å². The van der Waals surface area contributed by atoms with Crippen molar-refractivity contribution in [1.82, 2.24) is 9.78 Å². The summed E-state index contributed by atoms with van der Waals surface area (Å²) in [6.45, 7) is 7.08. The largest absolute Gasteiger partial charge is 0.394 e. The normalized spacial score (nSPS) is 11.6. The van der Waals surface area contributed by atoms with Gasteiger partial charge in [0.05, 0.1) is 21.8 Å². The lowest BCUT2D eigenvalue weighted by Crippen LogP contribution is -2.34. The Hall–Kier alpha value is -2.11. The molecule has 1 aromatic carbocycles. The first kappa shape index (κ1) is 22.9. The molecule has 8 heteroatoms. The monoisotopic (exact) mass is 402 g/mol. The highest BCUT2D eigenvalue weighted by atomic mass is 35.5. The number of halogens is 4. The molecule has 0 atom stereocenters. The van der Waals surface area contributed by atoms with Crippen molar-refractivity contribution in [1.29, 1.82) is 0 Å². The summed E-state index contributed by atoms with van der Waals surface area (Å²) >= 11 is 6.42. The van der Waals surface area contributed by atoms with Gasteiger partial charge in [-0.2, -0.15) is 27.9 Å². The van der Waals surface area contributed by atoms with Gasteiger partial charge in [-0.15, -0.1) is 0 Å². The molecule has 1 aromatic heterocycles. The lowest BCUT2D eigenvalue weighted by molar-refractivity contribution is -0.211. The maximum absolute atomic E-state index is 13.0. The fourth-order valence-electron chi connectivity index (χ4n) is 2.61. The van der Waals surface area contributed by atoms with E-state index in [4.69, 9.17) is 21.2 Å². The molecule has 1 heterocycles. The van der Waals surface area contributed by atoms with Crippen LogP contribution in [0.2, 0.25) is 5.02 Å². The molecular formula is C19H22ClF3N2O2. The average molecular weight is 403 g/mol. The van der Waals surface area contributed by atoms with Crippen LogP contribution in [-0.2, 0) is 29.0 Å². The number of hydrogen-bond donors (Lipinski definition) is 0. The third kappa shape index (κ3) is 5.44. The molecule has 0 bridgehead atoms. The van der Waals surface area contributed by atoms with Gasteiger partial charge in [0.25, 0.3) is 0 Å². The van der Waals surface area contributed by atoms with Crippen LogP contribution in [-0.4, -0.2) is 22.1 Å². The highest BCUT2D eigenvalue weighted by Crippen LogP contribution is 2.40. The van der Waals surface area contributed by atoms with E-state index >= 15 is 0 Å². The summed E-state index contributed by atoms with van der Waals surface area (Å²) in [7, 11) is 0. The standard InChI is InChI=1S/C18H22ClF3N2.CO2/c1-5-14-15(19)16(24(6-2)23-14)13-9-7-12(8-10-13)11-17(3,4)18(20,21)22;2-1-3/h7-10H,5-6,11H2,1-4H3;. The Morgan fingerprint density at radius 1 is 1.11 bits per heavy atom. The van der Waals surface area contributed by atoms with E-state index in [0.29, 0.717) is 17.1 Å². The van der Waals surface area contributed by atoms with Crippen molar-refractivity contribution in [3.8, 4) is 11.3 Å². The predicted molar refractivity (Wildman–Crippen MR) is 96.3 cm³/mol. The second-order valence-electron chi connectivity index (χ2n) is 6.62. The SMILES string of the molecule is CCc1nn(CC)c(-c2ccc(CC(C)(C)C(F)(F)F)cc2)c1Cl.O=C=O. The highest BCUT2D eigenvalue weighted by molar-refractivity contribution is 6.33. The first-order chi connectivity index (χ1) is 12.5. The van der Waals surface area contributed by atoms with Gasteiger partial charge in [0.2, 0.25) is 0 Å². The van der Waals surface area contributed by atoms with Crippen molar-refractivity contribution in [2.24, 2.45) is 5.41 Å². The zero-order valence-corrected chi connectivity index (χ0v) is 16.4. The van der Waals surface area contributed by atoms with Crippen LogP contribution in [0, 0.1) is 5.41 Å². The topological polar surface area (TPSA) is 52.0 Å². The minimum Gasteiger partial charge on any atom is -0.263 e. The quantitative estimate of drug-likeness (QED) is 0.678. The molecule has 0 saturated heterocycles. The fourth-order valence-corrected chi connectivity index (χ4v) is 2.99. The molecule has 0 spiro atoms. The Morgan fingerprint density at radius 3 is 2.04 bits per heavy atom. The molecule has 0 aliphatic rings. The number of rotatable bonds is 5. The number of carbonyl (C=O) groups excluding carboxylic acids is 2. The smallest absolute Gasteiger partial charge is 0.263 e. The number of aromatic nitrogens is 2. The zero-order valence-electron chi connectivity index (χ0n) is 15.7. The van der Waals surface area contributed by atoms with Crippen LogP contribution in [0.25, 0.3) is 11.3 Å². The first-order valence-corrected chi connectivity index (χ1v) is 8.80. The molecule has 0 amide bonds. The molecule has 0 saturated carbocycles. The second-order valence-corrected chi connectivity index (χ2v) is 7.00. The molecule has 0 aliphatic heterocycles. The van der Waals surface area contributed by atoms with Crippen LogP contribution in [0.1, 0.15) is 39.0 Å². The van der Waals surface area contributed by atoms with Gasteiger partial charge in [-0.1, -0.05) is 56.6 Å². The Morgan fingerprint density at radius 2 is 1.63 bits per heavy atom. The maximum atomic E-state index is 13.0. The Bertz CT molecular complexity index is 791. The molecule has 2 rings (SSSR count). The zero-order chi connectivity index (χ0) is 20.8. The Labute approximate surface area is 161 Å². The molecule has 0 N–H and O–H groups in total. The van der Waals surface area contributed by atoms with E-state index in [2.05, 4.69) is 5.10 Å². The van der Waals surface area contributed by atoms with E-state index in [1.54, 1.807) is 12.1 Å². The van der Waals surface area contributed by atoms with E-state index < -0.39 is 11.6 Å². The van der Waals surface area contributed by atoms with Gasteiger partial charge < -0.3 is 0 Å². The van der Waals surface area contributed by atoms with Crippen LogP contribution < -0.4 is 0 Å². The molecule has 2 aromatic rings. The van der Waals surface area contributed by atoms with E-state index in [1.807, 2.05) is 30.7 Å². The summed E-state index contributed by atoms with van der Waals surface area (Å²) in [4.78, 5) is 16.2. The van der Waals surface area contributed by atoms with Crippen molar-refractivity contribution < 1.29 is 22.8 Å². The van der Waals surface area contributed by atoms with Gasteiger partial charge in [-0.05, 0) is 25.3 Å². The third-order valence-corrected chi connectivity index (χ3v) is 4.63. The molecule has 148 valence electrons. The number of aryl methyl sites for hydroxylation is 2. The lowest BCUT2D eigenvalue weighted by Gasteiger charge is -2.27. The van der Waals surface area contributed by atoms with Gasteiger partial charge >= 0.3 is 12.3 Å². The highest BCUT2D eigenvalue weighted by Gasteiger charge is 2.46. The van der Waals surface area contributed by atoms with Crippen LogP contribution in [0.4, 0.5) is 13.2 Å². The number of benzene rings is 1. The molecule has 0 unspecified atom stereocenters. The summed E-state index contributed by atoms with van der Waals surface area (Å²) in [5, 5.41) is 5.09. The summed E-state index contributed by atoms with van der Waals surface area (Å²) < 4.78 is 40.9. The van der Waals surface area contributed by atoms with Crippen LogP contribution in [0.15, 0.2) is 24.3 Å². The lowest BCUT2D eigenvalue weighted by atomic mass is 9.85. The van der Waals surface area contributed by atoms with Crippen LogP contribution >= 0.6 is 11.6 Å². The summed E-state index contributed by atoms with van der Waals surface area (Å²) in [6, 6.07) is 7.10. The van der Waals surface area contributed by atoms with Crippen LogP contribution in [0.5, 0.6) is 0 Å².